The fraction of sp³-hybridized carbons (Fsp3) is 0.545. The van der Waals surface area contributed by atoms with E-state index in [0.717, 1.165) is 37.5 Å². The predicted molar refractivity (Wildman–Crippen MR) is 60.9 cm³/mol. The number of nitrogen functional groups attached to an aromatic ring is 1. The van der Waals surface area contributed by atoms with Crippen LogP contribution >= 0.6 is 0 Å². The largest absolute Gasteiger partial charge is 0.396 e. The van der Waals surface area contributed by atoms with E-state index in [-0.39, 0.29) is 0 Å². The second-order valence-electron chi connectivity index (χ2n) is 3.78. The molecular formula is C11H17N3O. The van der Waals surface area contributed by atoms with Crippen LogP contribution in [0, 0.1) is 0 Å². The molecule has 2 rings (SSSR count). The summed E-state index contributed by atoms with van der Waals surface area (Å²) >= 11 is 0. The maximum Gasteiger partial charge on any atom is 0.0748 e. The topological polar surface area (TPSA) is 51.4 Å². The quantitative estimate of drug-likeness (QED) is 0.793. The normalized spacial score (nSPS) is 21.7. The summed E-state index contributed by atoms with van der Waals surface area (Å²) in [6, 6.07) is 1.97. The molecule has 1 aliphatic heterocycles. The molecule has 1 unspecified atom stereocenters. The van der Waals surface area contributed by atoms with E-state index >= 15 is 0 Å². The van der Waals surface area contributed by atoms with Gasteiger partial charge in [-0.2, -0.15) is 0 Å². The molecule has 4 heteroatoms. The maximum atomic E-state index is 5.89. The summed E-state index contributed by atoms with van der Waals surface area (Å²) in [6.45, 7) is 4.75. The highest BCUT2D eigenvalue weighted by Gasteiger charge is 2.20. The van der Waals surface area contributed by atoms with Gasteiger partial charge in [0.1, 0.15) is 0 Å². The number of nitrogens with zero attached hydrogens (tertiary/aromatic N) is 2. The van der Waals surface area contributed by atoms with Crippen LogP contribution < -0.4 is 10.6 Å². The fourth-order valence-electron chi connectivity index (χ4n) is 1.87. The average Bonchev–Trinajstić information content (AvgIpc) is 2.30. The first kappa shape index (κ1) is 10.2. The number of morpholine rings is 1. The summed E-state index contributed by atoms with van der Waals surface area (Å²) in [5.74, 6) is 0. The lowest BCUT2D eigenvalue weighted by Gasteiger charge is -2.34. The first-order valence-electron chi connectivity index (χ1n) is 5.37. The number of aromatic nitrogens is 1. The third-order valence-corrected chi connectivity index (χ3v) is 2.76. The van der Waals surface area contributed by atoms with E-state index in [1.165, 1.54) is 0 Å². The summed E-state index contributed by atoms with van der Waals surface area (Å²) in [5, 5.41) is 0. The molecule has 0 saturated carbocycles. The van der Waals surface area contributed by atoms with Crippen LogP contribution in [0.4, 0.5) is 11.4 Å². The van der Waals surface area contributed by atoms with Gasteiger partial charge in [0.15, 0.2) is 0 Å². The smallest absolute Gasteiger partial charge is 0.0748 e. The zero-order chi connectivity index (χ0) is 10.7. The van der Waals surface area contributed by atoms with Gasteiger partial charge in [-0.25, -0.2) is 0 Å². The molecular weight excluding hydrogens is 190 g/mol. The zero-order valence-corrected chi connectivity index (χ0v) is 9.02. The molecule has 0 radical (unpaired) electrons. The van der Waals surface area contributed by atoms with Crippen LogP contribution in [0.5, 0.6) is 0 Å². The van der Waals surface area contributed by atoms with E-state index < -0.39 is 0 Å². The first-order chi connectivity index (χ1) is 7.31. The minimum Gasteiger partial charge on any atom is -0.396 e. The van der Waals surface area contributed by atoms with Gasteiger partial charge in [-0.1, -0.05) is 6.92 Å². The van der Waals surface area contributed by atoms with Crippen LogP contribution in [0.1, 0.15) is 13.3 Å². The molecule has 0 aromatic carbocycles. The van der Waals surface area contributed by atoms with Crippen molar-refractivity contribution in [3.63, 3.8) is 0 Å². The van der Waals surface area contributed by atoms with Crippen molar-refractivity contribution in [2.75, 3.05) is 30.3 Å². The molecule has 0 aliphatic carbocycles. The molecule has 2 N–H and O–H groups in total. The van der Waals surface area contributed by atoms with Crippen LogP contribution in [-0.4, -0.2) is 30.8 Å². The average molecular weight is 207 g/mol. The lowest BCUT2D eigenvalue weighted by atomic mass is 10.2. The summed E-state index contributed by atoms with van der Waals surface area (Å²) in [6.07, 6.45) is 4.85. The van der Waals surface area contributed by atoms with E-state index in [0.29, 0.717) is 6.10 Å². The van der Waals surface area contributed by atoms with Crippen LogP contribution in [0.15, 0.2) is 18.5 Å². The van der Waals surface area contributed by atoms with Crippen molar-refractivity contribution in [2.24, 2.45) is 0 Å². The Balaban J connectivity index is 2.13. The highest BCUT2D eigenvalue weighted by molar-refractivity contribution is 5.66. The third kappa shape index (κ3) is 2.21. The summed E-state index contributed by atoms with van der Waals surface area (Å²) in [7, 11) is 0. The van der Waals surface area contributed by atoms with Crippen LogP contribution in [0.25, 0.3) is 0 Å². The molecule has 4 nitrogen and oxygen atoms in total. The highest BCUT2D eigenvalue weighted by atomic mass is 16.5. The molecule has 1 saturated heterocycles. The van der Waals surface area contributed by atoms with Crippen molar-refractivity contribution in [3.05, 3.63) is 18.5 Å². The number of hydrogen-bond donors (Lipinski definition) is 1. The molecule has 0 amide bonds. The molecule has 1 aromatic heterocycles. The van der Waals surface area contributed by atoms with Crippen LogP contribution in [0.2, 0.25) is 0 Å². The standard InChI is InChI=1S/C11H17N3O/c1-2-9-8-14(5-6-15-9)11-3-4-13-7-10(11)12/h3-4,7,9H,2,5-6,8,12H2,1H3. The van der Waals surface area contributed by atoms with Gasteiger partial charge < -0.3 is 15.4 Å². The highest BCUT2D eigenvalue weighted by Crippen LogP contribution is 2.23. The lowest BCUT2D eigenvalue weighted by Crippen LogP contribution is -2.42. The van der Waals surface area contributed by atoms with E-state index in [1.807, 2.05) is 6.07 Å². The first-order valence-corrected chi connectivity index (χ1v) is 5.37. The Bertz CT molecular complexity index is 329. The second-order valence-corrected chi connectivity index (χ2v) is 3.78. The Kier molecular flexibility index (Phi) is 3.06. The molecule has 82 valence electrons. The minimum absolute atomic E-state index is 0.325. The van der Waals surface area contributed by atoms with E-state index in [2.05, 4.69) is 16.8 Å². The number of hydrogen-bond acceptors (Lipinski definition) is 4. The number of nitrogens with two attached hydrogens (primary N) is 1. The van der Waals surface area contributed by atoms with Gasteiger partial charge >= 0.3 is 0 Å². The SMILES string of the molecule is CCC1CN(c2ccncc2N)CCO1. The summed E-state index contributed by atoms with van der Waals surface area (Å²) in [5.41, 5.74) is 7.71. The van der Waals surface area contributed by atoms with Crippen LogP contribution in [0.3, 0.4) is 0 Å². The predicted octanol–water partition coefficient (Wildman–Crippen LogP) is 1.28. The Hall–Kier alpha value is -1.29. The maximum absolute atomic E-state index is 5.89. The van der Waals surface area contributed by atoms with Crippen molar-refractivity contribution in [2.45, 2.75) is 19.4 Å². The zero-order valence-electron chi connectivity index (χ0n) is 9.02. The number of rotatable bonds is 2. The Morgan fingerprint density at radius 1 is 1.67 bits per heavy atom. The van der Waals surface area contributed by atoms with Crippen LogP contribution in [-0.2, 0) is 4.74 Å². The molecule has 1 atom stereocenters. The monoisotopic (exact) mass is 207 g/mol. The van der Waals surface area contributed by atoms with Crippen molar-refractivity contribution in [1.29, 1.82) is 0 Å². The minimum atomic E-state index is 0.325. The molecule has 0 spiro atoms. The summed E-state index contributed by atoms with van der Waals surface area (Å²) < 4.78 is 5.62. The lowest BCUT2D eigenvalue weighted by molar-refractivity contribution is 0.0385. The van der Waals surface area contributed by atoms with Gasteiger partial charge in [0.2, 0.25) is 0 Å². The third-order valence-electron chi connectivity index (χ3n) is 2.76. The Labute approximate surface area is 90.0 Å². The number of anilines is 2. The van der Waals surface area contributed by atoms with Crippen molar-refractivity contribution < 1.29 is 4.74 Å². The van der Waals surface area contributed by atoms with Crippen molar-refractivity contribution in [1.82, 2.24) is 4.98 Å². The Morgan fingerprint density at radius 3 is 3.27 bits per heavy atom. The molecule has 0 bridgehead atoms. The van der Waals surface area contributed by atoms with E-state index in [1.54, 1.807) is 12.4 Å². The van der Waals surface area contributed by atoms with E-state index in [4.69, 9.17) is 10.5 Å². The number of pyridine rings is 1. The van der Waals surface area contributed by atoms with Gasteiger partial charge in [0.25, 0.3) is 0 Å². The van der Waals surface area contributed by atoms with Gasteiger partial charge in [0, 0.05) is 19.3 Å². The van der Waals surface area contributed by atoms with Gasteiger partial charge in [-0.05, 0) is 12.5 Å². The molecule has 15 heavy (non-hydrogen) atoms. The molecule has 1 aliphatic rings. The fourth-order valence-corrected chi connectivity index (χ4v) is 1.87. The second kappa shape index (κ2) is 4.49. The molecule has 2 heterocycles. The van der Waals surface area contributed by atoms with Gasteiger partial charge in [-0.15, -0.1) is 0 Å². The van der Waals surface area contributed by atoms with Gasteiger partial charge in [-0.3, -0.25) is 4.98 Å². The van der Waals surface area contributed by atoms with Gasteiger partial charge in [0.05, 0.1) is 30.3 Å². The van der Waals surface area contributed by atoms with Crippen molar-refractivity contribution >= 4 is 11.4 Å². The van der Waals surface area contributed by atoms with E-state index in [9.17, 15) is 0 Å². The summed E-state index contributed by atoms with van der Waals surface area (Å²) in [4.78, 5) is 6.27. The number of ether oxygens (including phenoxy) is 1. The van der Waals surface area contributed by atoms with Crippen molar-refractivity contribution in [3.8, 4) is 0 Å². The Morgan fingerprint density at radius 2 is 2.53 bits per heavy atom. The molecule has 1 aromatic rings. The molecule has 1 fully saturated rings.